The Labute approximate surface area is 120 Å². The number of rotatable bonds is 5. The number of nitrogens with one attached hydrogen (secondary N) is 1. The predicted molar refractivity (Wildman–Crippen MR) is 77.5 cm³/mol. The first kappa shape index (κ1) is 16.7. The monoisotopic (exact) mass is 282 g/mol. The van der Waals surface area contributed by atoms with Gasteiger partial charge in [0.1, 0.15) is 5.76 Å². The minimum absolute atomic E-state index is 0.131. The van der Waals surface area contributed by atoms with Gasteiger partial charge in [-0.2, -0.15) is 0 Å². The van der Waals surface area contributed by atoms with Crippen molar-refractivity contribution in [1.29, 1.82) is 0 Å². The summed E-state index contributed by atoms with van der Waals surface area (Å²) < 4.78 is 5.70. The Hall–Kier alpha value is -1.36. The summed E-state index contributed by atoms with van der Waals surface area (Å²) in [6, 6.07) is 0. The van der Waals surface area contributed by atoms with E-state index in [1.165, 1.54) is 0 Å². The largest absolute Gasteiger partial charge is 0.481 e. The van der Waals surface area contributed by atoms with Gasteiger partial charge in [0.05, 0.1) is 18.2 Å². The van der Waals surface area contributed by atoms with Crippen LogP contribution in [-0.4, -0.2) is 21.6 Å². The summed E-state index contributed by atoms with van der Waals surface area (Å²) in [5.41, 5.74) is -1.60. The second-order valence-electron chi connectivity index (χ2n) is 7.29. The number of hydrogen-bond donors (Lipinski definition) is 2. The highest BCUT2D eigenvalue weighted by Gasteiger charge is 2.43. The highest BCUT2D eigenvalue weighted by Crippen LogP contribution is 2.31. The van der Waals surface area contributed by atoms with Gasteiger partial charge in [0.25, 0.3) is 0 Å². The molecule has 0 unspecified atom stereocenters. The Morgan fingerprint density at radius 1 is 1.25 bits per heavy atom. The van der Waals surface area contributed by atoms with Crippen molar-refractivity contribution in [3.63, 3.8) is 0 Å². The van der Waals surface area contributed by atoms with E-state index < -0.39 is 16.9 Å². The summed E-state index contributed by atoms with van der Waals surface area (Å²) in [6.07, 6.45) is 1.69. The molecular formula is C15H26N2O3. The Morgan fingerprint density at radius 3 is 2.20 bits per heavy atom. The summed E-state index contributed by atoms with van der Waals surface area (Å²) in [7, 11) is 0. The van der Waals surface area contributed by atoms with Crippen molar-refractivity contribution >= 4 is 5.97 Å². The number of hydrogen-bond acceptors (Lipinski definition) is 4. The van der Waals surface area contributed by atoms with Gasteiger partial charge in [-0.05, 0) is 27.7 Å². The van der Waals surface area contributed by atoms with Crippen molar-refractivity contribution < 1.29 is 14.3 Å². The molecule has 1 heterocycles. The quantitative estimate of drug-likeness (QED) is 0.868. The number of carboxylic acids is 1. The van der Waals surface area contributed by atoms with E-state index in [0.717, 1.165) is 0 Å². The maximum absolute atomic E-state index is 11.3. The topological polar surface area (TPSA) is 75.4 Å². The molecule has 0 amide bonds. The number of carboxylic acid groups (broad SMARTS) is 1. The number of carbonyl (C=O) groups is 1. The zero-order chi connectivity index (χ0) is 15.8. The molecule has 0 saturated heterocycles. The summed E-state index contributed by atoms with van der Waals surface area (Å²) >= 11 is 0. The molecule has 0 saturated carbocycles. The maximum atomic E-state index is 11.3. The lowest BCUT2D eigenvalue weighted by Gasteiger charge is -2.38. The number of aliphatic carboxylic acids is 1. The van der Waals surface area contributed by atoms with Gasteiger partial charge in [-0.1, -0.05) is 20.8 Å². The summed E-state index contributed by atoms with van der Waals surface area (Å²) in [6.45, 7) is 13.7. The molecule has 0 aliphatic carbocycles. The van der Waals surface area contributed by atoms with E-state index in [0.29, 0.717) is 18.2 Å². The summed E-state index contributed by atoms with van der Waals surface area (Å²) in [4.78, 5) is 15.6. The average molecular weight is 282 g/mol. The molecule has 1 aromatic heterocycles. The molecule has 0 aliphatic rings. The van der Waals surface area contributed by atoms with E-state index >= 15 is 0 Å². The second-order valence-corrected chi connectivity index (χ2v) is 7.29. The van der Waals surface area contributed by atoms with Crippen LogP contribution >= 0.6 is 0 Å². The van der Waals surface area contributed by atoms with Crippen LogP contribution in [0.15, 0.2) is 10.6 Å². The zero-order valence-corrected chi connectivity index (χ0v) is 13.5. The van der Waals surface area contributed by atoms with Crippen LogP contribution in [0.5, 0.6) is 0 Å². The molecule has 114 valence electrons. The minimum Gasteiger partial charge on any atom is -0.481 e. The van der Waals surface area contributed by atoms with Gasteiger partial charge >= 0.3 is 5.97 Å². The van der Waals surface area contributed by atoms with E-state index in [-0.39, 0.29) is 5.41 Å². The molecule has 0 atom stereocenters. The minimum atomic E-state index is -0.889. The standard InChI is InChI=1S/C15H26N2O3/c1-13(2,3)11-16-8-10(20-11)9-17-15(6,7)14(4,5)12(18)19/h8,17H,9H2,1-7H3,(H,18,19). The molecule has 5 nitrogen and oxygen atoms in total. The lowest BCUT2D eigenvalue weighted by Crippen LogP contribution is -2.54. The molecule has 20 heavy (non-hydrogen) atoms. The Bertz CT molecular complexity index is 482. The molecule has 1 rings (SSSR count). The van der Waals surface area contributed by atoms with E-state index in [1.807, 2.05) is 34.6 Å². The van der Waals surface area contributed by atoms with Crippen LogP contribution < -0.4 is 5.32 Å². The van der Waals surface area contributed by atoms with Crippen LogP contribution in [0, 0.1) is 5.41 Å². The molecule has 2 N–H and O–H groups in total. The van der Waals surface area contributed by atoms with Crippen LogP contribution in [0.3, 0.4) is 0 Å². The van der Waals surface area contributed by atoms with E-state index in [4.69, 9.17) is 4.42 Å². The normalized spacial score (nSPS) is 13.6. The molecule has 0 radical (unpaired) electrons. The summed E-state index contributed by atoms with van der Waals surface area (Å²) in [5, 5.41) is 12.6. The molecule has 0 aliphatic heterocycles. The van der Waals surface area contributed by atoms with Crippen LogP contribution in [0.4, 0.5) is 0 Å². The SMILES string of the molecule is CC(C)(C)c1ncc(CNC(C)(C)C(C)(C)C(=O)O)o1. The highest BCUT2D eigenvalue weighted by atomic mass is 16.4. The fourth-order valence-electron chi connectivity index (χ4n) is 1.53. The third-order valence-corrected chi connectivity index (χ3v) is 4.00. The first-order valence-electron chi connectivity index (χ1n) is 6.81. The maximum Gasteiger partial charge on any atom is 0.310 e. The molecule has 0 spiro atoms. The number of aromatic nitrogens is 1. The van der Waals surface area contributed by atoms with Crippen LogP contribution in [0.1, 0.15) is 60.1 Å². The Balaban J connectivity index is 2.77. The van der Waals surface area contributed by atoms with E-state index in [9.17, 15) is 9.90 Å². The molecule has 0 fully saturated rings. The van der Waals surface area contributed by atoms with E-state index in [2.05, 4.69) is 10.3 Å². The first-order chi connectivity index (χ1) is 8.88. The van der Waals surface area contributed by atoms with Crippen molar-refractivity contribution in [2.24, 2.45) is 5.41 Å². The molecule has 0 bridgehead atoms. The molecule has 5 heteroatoms. The van der Waals surface area contributed by atoms with Crippen molar-refractivity contribution in [2.45, 2.75) is 66.0 Å². The van der Waals surface area contributed by atoms with Crippen molar-refractivity contribution in [2.75, 3.05) is 0 Å². The second kappa shape index (κ2) is 5.20. The molecular weight excluding hydrogens is 256 g/mol. The van der Waals surface area contributed by atoms with E-state index in [1.54, 1.807) is 20.0 Å². The van der Waals surface area contributed by atoms with Gasteiger partial charge < -0.3 is 14.8 Å². The Kier molecular flexibility index (Phi) is 4.34. The fourth-order valence-corrected chi connectivity index (χ4v) is 1.53. The first-order valence-corrected chi connectivity index (χ1v) is 6.81. The number of oxazole rings is 1. The zero-order valence-electron chi connectivity index (χ0n) is 13.5. The van der Waals surface area contributed by atoms with Gasteiger partial charge in [0.2, 0.25) is 0 Å². The molecule has 0 aromatic carbocycles. The predicted octanol–water partition coefficient (Wildman–Crippen LogP) is 2.95. The fraction of sp³-hybridized carbons (Fsp3) is 0.733. The molecule has 1 aromatic rings. The summed E-state index contributed by atoms with van der Waals surface area (Å²) in [5.74, 6) is 0.566. The smallest absolute Gasteiger partial charge is 0.310 e. The third-order valence-electron chi connectivity index (χ3n) is 4.00. The van der Waals surface area contributed by atoms with Gasteiger partial charge in [-0.15, -0.1) is 0 Å². The third kappa shape index (κ3) is 3.39. The van der Waals surface area contributed by atoms with Gasteiger partial charge in [0.15, 0.2) is 5.89 Å². The van der Waals surface area contributed by atoms with Gasteiger partial charge in [-0.25, -0.2) is 4.98 Å². The van der Waals surface area contributed by atoms with Gasteiger partial charge in [0, 0.05) is 11.0 Å². The van der Waals surface area contributed by atoms with Crippen LogP contribution in [0.25, 0.3) is 0 Å². The van der Waals surface area contributed by atoms with Gasteiger partial charge in [-0.3, -0.25) is 4.79 Å². The lowest BCUT2D eigenvalue weighted by atomic mass is 9.74. The van der Waals surface area contributed by atoms with Crippen LogP contribution in [-0.2, 0) is 16.8 Å². The van der Waals surface area contributed by atoms with Crippen LogP contribution in [0.2, 0.25) is 0 Å². The van der Waals surface area contributed by atoms with Crippen molar-refractivity contribution in [3.05, 3.63) is 17.8 Å². The van der Waals surface area contributed by atoms with Crippen molar-refractivity contribution in [1.82, 2.24) is 10.3 Å². The highest BCUT2D eigenvalue weighted by molar-refractivity contribution is 5.75. The Morgan fingerprint density at radius 2 is 1.80 bits per heavy atom. The average Bonchev–Trinajstić information content (AvgIpc) is 2.74. The van der Waals surface area contributed by atoms with Crippen molar-refractivity contribution in [3.8, 4) is 0 Å². The lowest BCUT2D eigenvalue weighted by molar-refractivity contribution is -0.151. The number of nitrogens with zero attached hydrogens (tertiary/aromatic N) is 1.